The van der Waals surface area contributed by atoms with Crippen molar-refractivity contribution in [3.05, 3.63) is 108 Å². The first-order chi connectivity index (χ1) is 17.3. The zero-order chi connectivity index (χ0) is 26.1. The molecule has 0 bridgehead atoms. The van der Waals surface area contributed by atoms with Crippen LogP contribution in [0.3, 0.4) is 0 Å². The molecule has 36 heavy (non-hydrogen) atoms. The molecule has 1 aliphatic heterocycles. The molecule has 0 radical (unpaired) electrons. The van der Waals surface area contributed by atoms with Crippen molar-refractivity contribution >= 4 is 29.3 Å². The van der Waals surface area contributed by atoms with Crippen molar-refractivity contribution in [3.63, 3.8) is 0 Å². The van der Waals surface area contributed by atoms with Gasteiger partial charge in [0.2, 0.25) is 0 Å². The summed E-state index contributed by atoms with van der Waals surface area (Å²) in [5, 5.41) is 0. The predicted molar refractivity (Wildman–Crippen MR) is 150 cm³/mol. The van der Waals surface area contributed by atoms with Gasteiger partial charge in [-0.25, -0.2) is 4.31 Å². The molecule has 0 atom stereocenters. The molecule has 0 unspecified atom stereocenters. The molecule has 7 heteroatoms. The number of ether oxygens (including phenoxy) is 2. The van der Waals surface area contributed by atoms with Crippen LogP contribution in [0.15, 0.2) is 91.0 Å². The van der Waals surface area contributed by atoms with Gasteiger partial charge in [0, 0.05) is 42.2 Å². The molecule has 1 saturated heterocycles. The Labute approximate surface area is 219 Å². The third-order valence-corrected chi connectivity index (χ3v) is 6.75. The lowest BCUT2D eigenvalue weighted by molar-refractivity contribution is 0.0771. The number of benzene rings is 2. The average molecular weight is 506 g/mol. The zero-order valence-corrected chi connectivity index (χ0v) is 22.4. The fourth-order valence-corrected chi connectivity index (χ4v) is 4.49. The Balaban J connectivity index is 1.92. The van der Waals surface area contributed by atoms with E-state index in [-0.39, 0.29) is 5.91 Å². The summed E-state index contributed by atoms with van der Waals surface area (Å²) >= 11 is 1.51. The van der Waals surface area contributed by atoms with E-state index in [1.54, 1.807) is 12.0 Å². The van der Waals surface area contributed by atoms with Crippen molar-refractivity contribution in [2.45, 2.75) is 20.8 Å². The molecule has 0 spiro atoms. The largest absolute Gasteiger partial charge is 0.495 e. The molecule has 6 nitrogen and oxygen atoms in total. The Bertz CT molecular complexity index is 1150. The third kappa shape index (κ3) is 6.91. The molecule has 1 heterocycles. The van der Waals surface area contributed by atoms with Crippen molar-refractivity contribution in [1.29, 1.82) is 0 Å². The summed E-state index contributed by atoms with van der Waals surface area (Å²) in [6.07, 6.45) is 4.00. The van der Waals surface area contributed by atoms with E-state index in [0.717, 1.165) is 41.2 Å². The number of hydrogen-bond donors (Lipinski definition) is 1. The number of rotatable bonds is 10. The molecule has 1 fully saturated rings. The highest BCUT2D eigenvalue weighted by Crippen LogP contribution is 2.27. The Morgan fingerprint density at radius 3 is 2.47 bits per heavy atom. The zero-order valence-electron chi connectivity index (χ0n) is 21.5. The van der Waals surface area contributed by atoms with E-state index in [1.165, 1.54) is 12.1 Å². The molecule has 190 valence electrons. The van der Waals surface area contributed by atoms with Crippen LogP contribution in [0.25, 0.3) is 5.57 Å². The molecule has 0 aliphatic carbocycles. The molecule has 2 aromatic rings. The van der Waals surface area contributed by atoms with Gasteiger partial charge >= 0.3 is 0 Å². The molecular weight excluding hydrogens is 470 g/mol. The van der Waals surface area contributed by atoms with Crippen LogP contribution in [0.5, 0.6) is 0 Å². The van der Waals surface area contributed by atoms with Crippen LogP contribution in [0.2, 0.25) is 0 Å². The standard InChI is InChI=1S/C29H35N3O3S/c1-7-24(20-28(23(5)34-6)30-36-31-15-17-35-18-16-31)25-14-13-22(4)27(19-25)29(33)32(21(2)3)26-11-9-8-10-12-26/h7-14,19-20,30H,2,5,15-18H2,1,3-4,6H3/b24-7+,28-20+. The molecule has 1 aliphatic rings. The number of carbonyl (C=O) groups excluding carboxylic acids is 1. The number of nitrogens with one attached hydrogen (secondary N) is 1. The van der Waals surface area contributed by atoms with Gasteiger partial charge in [-0.15, -0.1) is 0 Å². The third-order valence-electron chi connectivity index (χ3n) is 5.81. The van der Waals surface area contributed by atoms with Gasteiger partial charge in [0.25, 0.3) is 5.91 Å². The Kier molecular flexibility index (Phi) is 9.99. The lowest BCUT2D eigenvalue weighted by Crippen LogP contribution is -2.33. The van der Waals surface area contributed by atoms with Crippen LogP contribution in [0.4, 0.5) is 5.69 Å². The van der Waals surface area contributed by atoms with Crippen LogP contribution >= 0.6 is 12.1 Å². The van der Waals surface area contributed by atoms with Crippen molar-refractivity contribution in [2.75, 3.05) is 38.3 Å². The van der Waals surface area contributed by atoms with Gasteiger partial charge in [0.05, 0.1) is 26.0 Å². The van der Waals surface area contributed by atoms with Gasteiger partial charge in [-0.2, -0.15) is 0 Å². The van der Waals surface area contributed by atoms with E-state index in [9.17, 15) is 4.79 Å². The number of carbonyl (C=O) groups is 1. The van der Waals surface area contributed by atoms with E-state index < -0.39 is 0 Å². The minimum Gasteiger partial charge on any atom is -0.495 e. The predicted octanol–water partition coefficient (Wildman–Crippen LogP) is 6.11. The maximum atomic E-state index is 13.7. The van der Waals surface area contributed by atoms with Gasteiger partial charge in [-0.3, -0.25) is 9.69 Å². The van der Waals surface area contributed by atoms with E-state index in [4.69, 9.17) is 9.47 Å². The summed E-state index contributed by atoms with van der Waals surface area (Å²) in [4.78, 5) is 15.3. The van der Waals surface area contributed by atoms with Crippen molar-refractivity contribution in [3.8, 4) is 0 Å². The number of nitrogens with zero attached hydrogens (tertiary/aromatic N) is 2. The lowest BCUT2D eigenvalue weighted by atomic mass is 9.97. The fraction of sp³-hybridized carbons (Fsp3) is 0.276. The van der Waals surface area contributed by atoms with E-state index in [2.05, 4.69) is 22.2 Å². The summed E-state index contributed by atoms with van der Waals surface area (Å²) in [5.74, 6) is 0.408. The second kappa shape index (κ2) is 13.2. The summed E-state index contributed by atoms with van der Waals surface area (Å²) in [6.45, 7) is 17.0. The van der Waals surface area contributed by atoms with Crippen LogP contribution in [-0.4, -0.2) is 43.6 Å². The molecule has 2 aromatic carbocycles. The molecule has 3 rings (SSSR count). The Hall–Kier alpha value is -3.26. The Morgan fingerprint density at radius 1 is 1.17 bits per heavy atom. The monoisotopic (exact) mass is 505 g/mol. The molecule has 0 aromatic heterocycles. The van der Waals surface area contributed by atoms with Gasteiger partial charge in [0.1, 0.15) is 5.76 Å². The first kappa shape index (κ1) is 27.3. The topological polar surface area (TPSA) is 54.0 Å². The first-order valence-corrected chi connectivity index (χ1v) is 12.7. The van der Waals surface area contributed by atoms with E-state index >= 15 is 0 Å². The number of allylic oxidation sites excluding steroid dienone is 4. The van der Waals surface area contributed by atoms with Crippen LogP contribution in [-0.2, 0) is 9.47 Å². The van der Waals surface area contributed by atoms with Gasteiger partial charge in [-0.05, 0) is 61.7 Å². The number of hydrogen-bond acceptors (Lipinski definition) is 6. The highest BCUT2D eigenvalue weighted by atomic mass is 32.2. The number of methoxy groups -OCH3 is 1. The molecule has 1 N–H and O–H groups in total. The quantitative estimate of drug-likeness (QED) is 0.239. The lowest BCUT2D eigenvalue weighted by Gasteiger charge is -2.26. The number of anilines is 1. The Morgan fingerprint density at radius 2 is 1.86 bits per heavy atom. The van der Waals surface area contributed by atoms with Crippen molar-refractivity contribution < 1.29 is 14.3 Å². The SMILES string of the molecule is C=C(OC)/C(=C\C(=C/C)c1ccc(C)c(C(=O)N(C(=C)C)c2ccccc2)c1)NSN1CCOCC1. The highest BCUT2D eigenvalue weighted by molar-refractivity contribution is 7.95. The van der Waals surface area contributed by atoms with Gasteiger partial charge in [-0.1, -0.05) is 49.6 Å². The summed E-state index contributed by atoms with van der Waals surface area (Å²) in [6, 6.07) is 15.5. The highest BCUT2D eigenvalue weighted by Gasteiger charge is 2.21. The first-order valence-electron chi connectivity index (χ1n) is 11.9. The van der Waals surface area contributed by atoms with Crippen LogP contribution in [0.1, 0.15) is 35.3 Å². The number of para-hydroxylation sites is 1. The number of aryl methyl sites for hydroxylation is 1. The number of amides is 1. The fourth-order valence-electron chi connectivity index (χ4n) is 3.76. The van der Waals surface area contributed by atoms with E-state index in [0.29, 0.717) is 30.2 Å². The summed E-state index contributed by atoms with van der Waals surface area (Å²) in [7, 11) is 1.60. The maximum Gasteiger partial charge on any atom is 0.262 e. The van der Waals surface area contributed by atoms with Crippen LogP contribution in [0, 0.1) is 6.92 Å². The maximum absolute atomic E-state index is 13.7. The molecular formula is C29H35N3O3S. The normalized spacial score (nSPS) is 14.8. The molecule has 0 saturated carbocycles. The summed E-state index contributed by atoms with van der Waals surface area (Å²) in [5.41, 5.74) is 5.57. The average Bonchev–Trinajstić information content (AvgIpc) is 2.90. The van der Waals surface area contributed by atoms with Crippen LogP contribution < -0.4 is 9.62 Å². The van der Waals surface area contributed by atoms with Gasteiger partial charge in [0.15, 0.2) is 0 Å². The number of morpholine rings is 1. The van der Waals surface area contributed by atoms with Crippen molar-refractivity contribution in [2.24, 2.45) is 0 Å². The summed E-state index contributed by atoms with van der Waals surface area (Å²) < 4.78 is 16.4. The van der Waals surface area contributed by atoms with Gasteiger partial charge < -0.3 is 14.2 Å². The second-order valence-electron chi connectivity index (χ2n) is 8.41. The molecule has 1 amide bonds. The second-order valence-corrected chi connectivity index (χ2v) is 9.31. The van der Waals surface area contributed by atoms with Crippen molar-refractivity contribution in [1.82, 2.24) is 9.03 Å². The smallest absolute Gasteiger partial charge is 0.262 e. The minimum absolute atomic E-state index is 0.116. The minimum atomic E-state index is -0.116. The van der Waals surface area contributed by atoms with E-state index in [1.807, 2.05) is 81.5 Å².